The van der Waals surface area contributed by atoms with Gasteiger partial charge in [-0.2, -0.15) is 0 Å². The minimum Gasteiger partial charge on any atom is -0.494 e. The van der Waals surface area contributed by atoms with Gasteiger partial charge in [0.25, 0.3) is 0 Å². The maximum Gasteiger partial charge on any atom is 0.330 e. The summed E-state index contributed by atoms with van der Waals surface area (Å²) in [5.41, 5.74) is 2.18. The fourth-order valence-corrected chi connectivity index (χ4v) is 6.74. The number of hydrogen-bond donors (Lipinski definition) is 0. The van der Waals surface area contributed by atoms with Gasteiger partial charge >= 0.3 is 6.03 Å². The van der Waals surface area contributed by atoms with Gasteiger partial charge in [-0.15, -0.1) is 0 Å². The third kappa shape index (κ3) is 4.26. The van der Waals surface area contributed by atoms with Gasteiger partial charge in [-0.1, -0.05) is 47.5 Å². The number of amidine groups is 1. The van der Waals surface area contributed by atoms with Crippen molar-refractivity contribution in [2.45, 2.75) is 52.0 Å². The molecule has 1 fully saturated rings. The smallest absolute Gasteiger partial charge is 0.330 e. The number of urea groups is 1. The standard InChI is InChI=1S/C31H32Cl2N4O4/c1-17(2)41-24-16-23(40-5)27-28-31(24,4)29-34-25(19-6-10-21(32)11-7-19)26(20-8-12-22(33)13-9-20)37(29)30(39)36(28)15-14-35(27)18(3)38/h6-13,16-17,23,25-26H,14-15H2,1-5H3/t23?,25-,26+,31?/m0/s1. The molecule has 10 heteroatoms. The Bertz CT molecular complexity index is 1500. The average Bonchev–Trinajstić information content (AvgIpc) is 3.35. The Morgan fingerprint density at radius 2 is 1.63 bits per heavy atom. The number of carbonyl (C=O) groups is 2. The van der Waals surface area contributed by atoms with Crippen molar-refractivity contribution in [1.29, 1.82) is 0 Å². The van der Waals surface area contributed by atoms with E-state index in [1.807, 2.05) is 75.4 Å². The largest absolute Gasteiger partial charge is 0.494 e. The van der Waals surface area contributed by atoms with E-state index in [2.05, 4.69) is 0 Å². The van der Waals surface area contributed by atoms with Gasteiger partial charge in [0, 0.05) is 37.2 Å². The van der Waals surface area contributed by atoms with Crippen LogP contribution in [0.15, 0.2) is 76.8 Å². The number of fused-ring (bicyclic) bond motifs is 2. The minimum atomic E-state index is -0.970. The first-order chi connectivity index (χ1) is 19.6. The number of methoxy groups -OCH3 is 1. The Kier molecular flexibility index (Phi) is 6.91. The van der Waals surface area contributed by atoms with Crippen molar-refractivity contribution in [3.63, 3.8) is 0 Å². The summed E-state index contributed by atoms with van der Waals surface area (Å²) in [6.45, 7) is 8.18. The summed E-state index contributed by atoms with van der Waals surface area (Å²) < 4.78 is 12.4. The number of carbonyl (C=O) groups excluding carboxylic acids is 2. The van der Waals surface area contributed by atoms with Gasteiger partial charge in [0.05, 0.1) is 23.5 Å². The molecule has 3 heterocycles. The number of hydrogen-bond acceptors (Lipinski definition) is 5. The summed E-state index contributed by atoms with van der Waals surface area (Å²) in [7, 11) is 1.60. The van der Waals surface area contributed by atoms with Crippen LogP contribution in [0.3, 0.4) is 0 Å². The Hall–Kier alpha value is -3.33. The molecule has 3 amide bonds. The molecule has 0 saturated carbocycles. The summed E-state index contributed by atoms with van der Waals surface area (Å²) >= 11 is 12.5. The van der Waals surface area contributed by atoms with Gasteiger partial charge in [-0.3, -0.25) is 19.6 Å². The second-order valence-electron chi connectivity index (χ2n) is 11.1. The maximum absolute atomic E-state index is 14.6. The molecule has 0 spiro atoms. The molecule has 0 aromatic heterocycles. The zero-order valence-corrected chi connectivity index (χ0v) is 25.1. The quantitative estimate of drug-likeness (QED) is 0.404. The van der Waals surface area contributed by atoms with E-state index in [4.69, 9.17) is 37.7 Å². The first kappa shape index (κ1) is 27.8. The lowest BCUT2D eigenvalue weighted by Crippen LogP contribution is -2.65. The zero-order valence-electron chi connectivity index (χ0n) is 23.6. The minimum absolute atomic E-state index is 0.112. The molecule has 2 aromatic carbocycles. The van der Waals surface area contributed by atoms with Gasteiger partial charge in [0.2, 0.25) is 5.91 Å². The van der Waals surface area contributed by atoms with Crippen molar-refractivity contribution < 1.29 is 19.1 Å². The Labute approximate surface area is 249 Å². The molecule has 3 aliphatic heterocycles. The van der Waals surface area contributed by atoms with E-state index >= 15 is 0 Å². The second kappa shape index (κ2) is 10.2. The normalized spacial score (nSPS) is 27.1. The van der Waals surface area contributed by atoms with Gasteiger partial charge in [0.1, 0.15) is 29.2 Å². The Morgan fingerprint density at radius 3 is 2.20 bits per heavy atom. The van der Waals surface area contributed by atoms with Gasteiger partial charge in [0.15, 0.2) is 0 Å². The predicted molar refractivity (Wildman–Crippen MR) is 157 cm³/mol. The van der Waals surface area contributed by atoms with Crippen molar-refractivity contribution >= 4 is 41.0 Å². The van der Waals surface area contributed by atoms with Crippen LogP contribution in [-0.4, -0.2) is 64.9 Å². The molecule has 214 valence electrons. The molecule has 4 atom stereocenters. The van der Waals surface area contributed by atoms with E-state index in [9.17, 15) is 9.59 Å². The van der Waals surface area contributed by atoms with Crippen LogP contribution in [0.25, 0.3) is 0 Å². The SMILES string of the molecule is COC1C=C(OC(C)C)C2(C)C3=N[C@@H](c4ccc(Cl)cc4)[C@@H](c4ccc(Cl)cc4)N3C(=O)N3CCN(C(C)=O)C1=C32. The molecule has 8 nitrogen and oxygen atoms in total. The second-order valence-corrected chi connectivity index (χ2v) is 12.0. The first-order valence-electron chi connectivity index (χ1n) is 13.7. The van der Waals surface area contributed by atoms with E-state index in [0.29, 0.717) is 46.1 Å². The molecule has 2 unspecified atom stereocenters. The van der Waals surface area contributed by atoms with Gasteiger partial charge < -0.3 is 14.4 Å². The molecule has 41 heavy (non-hydrogen) atoms. The summed E-state index contributed by atoms with van der Waals surface area (Å²) in [6, 6.07) is 14.1. The van der Waals surface area contributed by atoms with Crippen molar-refractivity contribution in [3.8, 4) is 0 Å². The maximum atomic E-state index is 14.6. The molecule has 0 N–H and O–H groups in total. The third-order valence-electron chi connectivity index (χ3n) is 8.26. The summed E-state index contributed by atoms with van der Waals surface area (Å²) in [5, 5.41) is 1.23. The van der Waals surface area contributed by atoms with Gasteiger partial charge in [-0.05, 0) is 62.2 Å². The topological polar surface area (TPSA) is 74.7 Å². The van der Waals surface area contributed by atoms with E-state index < -0.39 is 23.6 Å². The van der Waals surface area contributed by atoms with E-state index in [1.54, 1.807) is 21.8 Å². The molecule has 1 saturated heterocycles. The fraction of sp³-hybridized carbons (Fsp3) is 0.387. The molecule has 1 aliphatic carbocycles. The van der Waals surface area contributed by atoms with Crippen LogP contribution >= 0.6 is 23.2 Å². The highest BCUT2D eigenvalue weighted by Crippen LogP contribution is 2.57. The monoisotopic (exact) mass is 594 g/mol. The van der Waals surface area contributed by atoms with E-state index in [-0.39, 0.29) is 18.0 Å². The van der Waals surface area contributed by atoms with E-state index in [1.165, 1.54) is 6.92 Å². The molecule has 0 bridgehead atoms. The molecule has 0 radical (unpaired) electrons. The summed E-state index contributed by atoms with van der Waals surface area (Å²) in [4.78, 5) is 38.1. The fourth-order valence-electron chi connectivity index (χ4n) is 6.49. The number of rotatable bonds is 5. The number of ether oxygens (including phenoxy) is 2. The zero-order chi connectivity index (χ0) is 29.2. The van der Waals surface area contributed by atoms with Crippen LogP contribution in [0.1, 0.15) is 50.9 Å². The number of benzene rings is 2. The van der Waals surface area contributed by atoms with Crippen LogP contribution < -0.4 is 0 Å². The first-order valence-corrected chi connectivity index (χ1v) is 14.5. The molecule has 4 aliphatic rings. The molecular weight excluding hydrogens is 563 g/mol. The molecule has 2 aromatic rings. The highest BCUT2D eigenvalue weighted by atomic mass is 35.5. The van der Waals surface area contributed by atoms with Crippen molar-refractivity contribution in [2.24, 2.45) is 10.4 Å². The number of halogens is 2. The molecule has 6 rings (SSSR count). The number of nitrogens with zero attached hydrogens (tertiary/aromatic N) is 4. The van der Waals surface area contributed by atoms with Crippen LogP contribution in [0.2, 0.25) is 10.0 Å². The lowest BCUT2D eigenvalue weighted by Gasteiger charge is -2.55. The summed E-state index contributed by atoms with van der Waals surface area (Å²) in [5.74, 6) is 1.09. The van der Waals surface area contributed by atoms with Crippen LogP contribution in [-0.2, 0) is 14.3 Å². The number of aliphatic imine (C=N–C) groups is 1. The van der Waals surface area contributed by atoms with Crippen LogP contribution in [0.5, 0.6) is 0 Å². The average molecular weight is 596 g/mol. The van der Waals surface area contributed by atoms with Crippen molar-refractivity contribution in [1.82, 2.24) is 14.7 Å². The highest BCUT2D eigenvalue weighted by molar-refractivity contribution is 6.30. The lowest BCUT2D eigenvalue weighted by atomic mass is 9.73. The predicted octanol–water partition coefficient (Wildman–Crippen LogP) is 6.34. The van der Waals surface area contributed by atoms with Crippen LogP contribution in [0.4, 0.5) is 4.79 Å². The van der Waals surface area contributed by atoms with E-state index in [0.717, 1.165) is 11.1 Å². The van der Waals surface area contributed by atoms with Crippen LogP contribution in [0, 0.1) is 5.41 Å². The van der Waals surface area contributed by atoms with Crippen molar-refractivity contribution in [2.75, 3.05) is 20.2 Å². The lowest BCUT2D eigenvalue weighted by molar-refractivity contribution is -0.128. The Balaban J connectivity index is 1.62. The highest BCUT2D eigenvalue weighted by Gasteiger charge is 2.62. The summed E-state index contributed by atoms with van der Waals surface area (Å²) in [6.07, 6.45) is 1.20. The van der Waals surface area contributed by atoms with Crippen molar-refractivity contribution in [3.05, 3.63) is 92.9 Å². The molecular formula is C31H32Cl2N4O4. The third-order valence-corrected chi connectivity index (χ3v) is 8.76. The number of amides is 3. The Morgan fingerprint density at radius 1 is 1.02 bits per heavy atom. The van der Waals surface area contributed by atoms with Gasteiger partial charge in [-0.25, -0.2) is 4.79 Å².